The lowest BCUT2D eigenvalue weighted by Crippen LogP contribution is -2.51. The quantitative estimate of drug-likeness (QED) is 0.659. The Morgan fingerprint density at radius 1 is 1.30 bits per heavy atom. The summed E-state index contributed by atoms with van der Waals surface area (Å²) in [6, 6.07) is 6.90. The fourth-order valence-corrected chi connectivity index (χ4v) is 3.10. The molecule has 162 valence electrons. The van der Waals surface area contributed by atoms with Crippen LogP contribution in [-0.4, -0.2) is 67.9 Å². The molecule has 1 atom stereocenters. The zero-order valence-electron chi connectivity index (χ0n) is 17.5. The fraction of sp³-hybridized carbons (Fsp3) is 0.476. The van der Waals surface area contributed by atoms with Crippen molar-refractivity contribution in [1.82, 2.24) is 15.4 Å². The van der Waals surface area contributed by atoms with Gasteiger partial charge in [0.15, 0.2) is 0 Å². The first-order valence-electron chi connectivity index (χ1n) is 9.79. The number of methoxy groups -OCH3 is 1. The molecule has 2 amide bonds. The summed E-state index contributed by atoms with van der Waals surface area (Å²) in [5.74, 6) is 1.10. The van der Waals surface area contributed by atoms with Crippen LogP contribution in [0.1, 0.15) is 27.4 Å². The Labute approximate surface area is 175 Å². The number of nitrogens with zero attached hydrogens (tertiary/aromatic N) is 2. The van der Waals surface area contributed by atoms with Crippen LogP contribution in [0.2, 0.25) is 0 Å². The number of ether oxygens (including phenoxy) is 3. The number of hydrogen-bond donors (Lipinski definition) is 1. The van der Waals surface area contributed by atoms with E-state index < -0.39 is 0 Å². The average molecular weight is 417 g/mol. The van der Waals surface area contributed by atoms with Gasteiger partial charge in [-0.05, 0) is 38.1 Å². The van der Waals surface area contributed by atoms with Crippen LogP contribution in [0.4, 0.5) is 0 Å². The largest absolute Gasteiger partial charge is 0.489 e. The van der Waals surface area contributed by atoms with Gasteiger partial charge in [-0.15, -0.1) is 0 Å². The summed E-state index contributed by atoms with van der Waals surface area (Å²) in [6.07, 6.45) is -0.249. The molecule has 3 rings (SSSR count). The summed E-state index contributed by atoms with van der Waals surface area (Å²) in [5.41, 5.74) is 2.24. The number of amides is 2. The molecule has 1 unspecified atom stereocenters. The molecule has 2 aromatic rings. The molecule has 0 saturated carbocycles. The number of carbonyl (C=O) groups excluding carboxylic acids is 2. The highest BCUT2D eigenvalue weighted by Crippen LogP contribution is 2.18. The second kappa shape index (κ2) is 10.2. The lowest BCUT2D eigenvalue weighted by atomic mass is 10.2. The molecule has 1 fully saturated rings. The summed E-state index contributed by atoms with van der Waals surface area (Å²) >= 11 is 0. The van der Waals surface area contributed by atoms with Crippen molar-refractivity contribution < 1.29 is 28.3 Å². The van der Waals surface area contributed by atoms with Crippen LogP contribution in [0.25, 0.3) is 0 Å². The van der Waals surface area contributed by atoms with Gasteiger partial charge in [-0.1, -0.05) is 5.16 Å². The first-order valence-corrected chi connectivity index (χ1v) is 9.79. The van der Waals surface area contributed by atoms with Crippen molar-refractivity contribution in [2.24, 2.45) is 0 Å². The van der Waals surface area contributed by atoms with Crippen LogP contribution < -0.4 is 10.1 Å². The number of hydrogen-bond acceptors (Lipinski definition) is 7. The summed E-state index contributed by atoms with van der Waals surface area (Å²) < 4.78 is 21.4. The van der Waals surface area contributed by atoms with Gasteiger partial charge >= 0.3 is 0 Å². The van der Waals surface area contributed by atoms with Gasteiger partial charge in [0.25, 0.3) is 5.91 Å². The van der Waals surface area contributed by atoms with E-state index in [1.165, 1.54) is 0 Å². The minimum Gasteiger partial charge on any atom is -0.489 e. The van der Waals surface area contributed by atoms with E-state index in [1.54, 1.807) is 36.3 Å². The average Bonchev–Trinajstić information content (AvgIpc) is 3.08. The van der Waals surface area contributed by atoms with E-state index in [1.807, 2.05) is 13.8 Å². The normalized spacial score (nSPS) is 16.6. The molecule has 1 aliphatic rings. The number of nitrogens with one attached hydrogen (secondary N) is 1. The number of benzene rings is 1. The van der Waals surface area contributed by atoms with Crippen LogP contribution in [-0.2, 0) is 20.9 Å². The zero-order valence-corrected chi connectivity index (χ0v) is 17.5. The Hall–Kier alpha value is -2.91. The van der Waals surface area contributed by atoms with Gasteiger partial charge in [-0.3, -0.25) is 9.59 Å². The van der Waals surface area contributed by atoms with Crippen molar-refractivity contribution in [1.29, 1.82) is 0 Å². The second-order valence-electron chi connectivity index (χ2n) is 7.09. The molecular weight excluding hydrogens is 390 g/mol. The standard InChI is InChI=1S/C21H27N3O6/c1-14-19(15(2)30-23-14)12-28-17-6-4-16(5-7-17)21(26)22-10-18-11-24(8-9-27-3)20(25)13-29-18/h4-7,18H,8-13H2,1-3H3,(H,22,26). The first kappa shape index (κ1) is 21.8. The summed E-state index contributed by atoms with van der Waals surface area (Å²) in [5, 5.41) is 6.76. The minimum absolute atomic E-state index is 0.0153. The smallest absolute Gasteiger partial charge is 0.251 e. The van der Waals surface area contributed by atoms with Crippen molar-refractivity contribution in [2.45, 2.75) is 26.6 Å². The lowest BCUT2D eigenvalue weighted by molar-refractivity contribution is -0.149. The van der Waals surface area contributed by atoms with Crippen LogP contribution in [0.5, 0.6) is 5.75 Å². The molecule has 1 aliphatic heterocycles. The lowest BCUT2D eigenvalue weighted by Gasteiger charge is -2.32. The monoisotopic (exact) mass is 417 g/mol. The molecular formula is C21H27N3O6. The van der Waals surface area contributed by atoms with Crippen LogP contribution >= 0.6 is 0 Å². The van der Waals surface area contributed by atoms with Gasteiger partial charge in [0.1, 0.15) is 24.7 Å². The van der Waals surface area contributed by atoms with Gasteiger partial charge in [-0.25, -0.2) is 0 Å². The number of rotatable bonds is 9. The number of aryl methyl sites for hydroxylation is 2. The molecule has 1 aromatic heterocycles. The molecule has 1 saturated heterocycles. The third-order valence-electron chi connectivity index (χ3n) is 4.96. The molecule has 0 aliphatic carbocycles. The van der Waals surface area contributed by atoms with Crippen molar-refractivity contribution in [3.8, 4) is 5.75 Å². The molecule has 0 radical (unpaired) electrons. The highest BCUT2D eigenvalue weighted by atomic mass is 16.5. The topological polar surface area (TPSA) is 103 Å². The summed E-state index contributed by atoms with van der Waals surface area (Å²) in [6.45, 7) is 5.80. The SMILES string of the molecule is COCCN1CC(CNC(=O)c2ccc(OCc3c(C)noc3C)cc2)OCC1=O. The van der Waals surface area contributed by atoms with E-state index in [0.29, 0.717) is 44.2 Å². The van der Waals surface area contributed by atoms with Crippen LogP contribution in [0.3, 0.4) is 0 Å². The Balaban J connectivity index is 1.47. The summed E-state index contributed by atoms with van der Waals surface area (Å²) in [4.78, 5) is 26.0. The van der Waals surface area contributed by atoms with Crippen molar-refractivity contribution in [3.63, 3.8) is 0 Å². The van der Waals surface area contributed by atoms with Crippen molar-refractivity contribution in [2.75, 3.05) is 40.0 Å². The third-order valence-corrected chi connectivity index (χ3v) is 4.96. The van der Waals surface area contributed by atoms with Gasteiger partial charge in [0.2, 0.25) is 5.91 Å². The van der Waals surface area contributed by atoms with Crippen LogP contribution in [0, 0.1) is 13.8 Å². The van der Waals surface area contributed by atoms with Gasteiger partial charge in [-0.2, -0.15) is 0 Å². The number of aromatic nitrogens is 1. The molecule has 1 N–H and O–H groups in total. The van der Waals surface area contributed by atoms with Gasteiger partial charge < -0.3 is 29.0 Å². The molecule has 0 bridgehead atoms. The zero-order chi connectivity index (χ0) is 21.5. The maximum atomic E-state index is 12.4. The Kier molecular flexibility index (Phi) is 7.42. The predicted molar refractivity (Wildman–Crippen MR) is 107 cm³/mol. The van der Waals surface area contributed by atoms with E-state index in [0.717, 1.165) is 17.0 Å². The van der Waals surface area contributed by atoms with Crippen molar-refractivity contribution in [3.05, 3.63) is 46.8 Å². The molecule has 9 heteroatoms. The Morgan fingerprint density at radius 3 is 2.73 bits per heavy atom. The van der Waals surface area contributed by atoms with Crippen molar-refractivity contribution >= 4 is 11.8 Å². The summed E-state index contributed by atoms with van der Waals surface area (Å²) in [7, 11) is 1.59. The highest BCUT2D eigenvalue weighted by Gasteiger charge is 2.26. The molecule has 9 nitrogen and oxygen atoms in total. The first-order chi connectivity index (χ1) is 14.5. The van der Waals surface area contributed by atoms with Gasteiger partial charge in [0, 0.05) is 32.3 Å². The minimum atomic E-state index is -0.249. The maximum absolute atomic E-state index is 12.4. The van der Waals surface area contributed by atoms with E-state index >= 15 is 0 Å². The third kappa shape index (κ3) is 5.58. The van der Waals surface area contributed by atoms with E-state index in [2.05, 4.69) is 10.5 Å². The van der Waals surface area contributed by atoms with E-state index in [-0.39, 0.29) is 24.5 Å². The molecule has 1 aromatic carbocycles. The molecule has 30 heavy (non-hydrogen) atoms. The Bertz CT molecular complexity index is 845. The molecule has 0 spiro atoms. The van der Waals surface area contributed by atoms with Gasteiger partial charge in [0.05, 0.1) is 24.0 Å². The van der Waals surface area contributed by atoms with E-state index in [4.69, 9.17) is 18.7 Å². The van der Waals surface area contributed by atoms with Crippen LogP contribution in [0.15, 0.2) is 28.8 Å². The number of carbonyl (C=O) groups is 2. The second-order valence-corrected chi connectivity index (χ2v) is 7.09. The highest BCUT2D eigenvalue weighted by molar-refractivity contribution is 5.94. The molecule has 2 heterocycles. The number of morpholine rings is 1. The fourth-order valence-electron chi connectivity index (χ4n) is 3.10. The predicted octanol–water partition coefficient (Wildman–Crippen LogP) is 1.47. The van der Waals surface area contributed by atoms with E-state index in [9.17, 15) is 9.59 Å². The maximum Gasteiger partial charge on any atom is 0.251 e. The Morgan fingerprint density at radius 2 is 2.07 bits per heavy atom.